The molecule has 0 saturated heterocycles. The summed E-state index contributed by atoms with van der Waals surface area (Å²) in [5, 5.41) is 1.26. The Bertz CT molecular complexity index is 462. The van der Waals surface area contributed by atoms with E-state index in [0.29, 0.717) is 0 Å². The Morgan fingerprint density at radius 3 is 2.94 bits per heavy atom. The maximum absolute atomic E-state index is 5.47. The molecule has 0 saturated carbocycles. The molecule has 1 aromatic carbocycles. The normalized spacial score (nSPS) is 11.1. The van der Waals surface area contributed by atoms with Crippen molar-refractivity contribution in [1.82, 2.24) is 4.98 Å². The number of aryl methyl sites for hydroxylation is 2. The molecule has 1 heterocycles. The zero-order chi connectivity index (χ0) is 11.4. The number of hydrogen-bond acceptors (Lipinski definition) is 3. The number of fused-ring (bicyclic) bond motifs is 1. The zero-order valence-electron chi connectivity index (χ0n) is 9.70. The van der Waals surface area contributed by atoms with Gasteiger partial charge in [0.05, 0.1) is 15.2 Å². The summed E-state index contributed by atoms with van der Waals surface area (Å²) < 4.78 is 1.31. The molecule has 2 rings (SSSR count). The summed E-state index contributed by atoms with van der Waals surface area (Å²) in [5.41, 5.74) is 7.91. The molecule has 3 heteroatoms. The van der Waals surface area contributed by atoms with Crippen molar-refractivity contribution >= 4 is 21.6 Å². The van der Waals surface area contributed by atoms with Crippen molar-refractivity contribution in [2.75, 3.05) is 6.54 Å². The van der Waals surface area contributed by atoms with Gasteiger partial charge in [-0.2, -0.15) is 0 Å². The molecule has 0 aliphatic heterocycles. The summed E-state index contributed by atoms with van der Waals surface area (Å²) in [4.78, 5) is 4.66. The van der Waals surface area contributed by atoms with E-state index in [0.717, 1.165) is 24.9 Å². The molecule has 0 radical (unpaired) electrons. The third-order valence-electron chi connectivity index (χ3n) is 2.68. The predicted molar refractivity (Wildman–Crippen MR) is 71.0 cm³/mol. The third kappa shape index (κ3) is 2.80. The monoisotopic (exact) mass is 234 g/mol. The van der Waals surface area contributed by atoms with Crippen LogP contribution in [-0.2, 0) is 6.42 Å². The first-order valence-electron chi connectivity index (χ1n) is 5.86. The topological polar surface area (TPSA) is 38.9 Å². The van der Waals surface area contributed by atoms with Crippen LogP contribution in [0.4, 0.5) is 0 Å². The average Bonchev–Trinajstić information content (AvgIpc) is 2.66. The number of nitrogens with zero attached hydrogens (tertiary/aromatic N) is 1. The fourth-order valence-corrected chi connectivity index (χ4v) is 2.78. The highest BCUT2D eigenvalue weighted by Gasteiger charge is 2.03. The molecule has 0 bridgehead atoms. The van der Waals surface area contributed by atoms with Gasteiger partial charge in [-0.3, -0.25) is 0 Å². The summed E-state index contributed by atoms with van der Waals surface area (Å²) in [7, 11) is 0. The van der Waals surface area contributed by atoms with E-state index in [9.17, 15) is 0 Å². The fourth-order valence-electron chi connectivity index (χ4n) is 1.79. The highest BCUT2D eigenvalue weighted by Crippen LogP contribution is 2.24. The second-order valence-electron chi connectivity index (χ2n) is 4.18. The van der Waals surface area contributed by atoms with E-state index in [-0.39, 0.29) is 0 Å². The van der Waals surface area contributed by atoms with Gasteiger partial charge < -0.3 is 5.73 Å². The van der Waals surface area contributed by atoms with Crippen LogP contribution >= 0.6 is 11.3 Å². The van der Waals surface area contributed by atoms with E-state index in [1.807, 2.05) is 11.3 Å². The number of thiazole rings is 1. The minimum absolute atomic E-state index is 0.805. The molecular weight excluding hydrogens is 216 g/mol. The zero-order valence-corrected chi connectivity index (χ0v) is 10.5. The van der Waals surface area contributed by atoms with Gasteiger partial charge in [-0.25, -0.2) is 4.98 Å². The summed E-state index contributed by atoms with van der Waals surface area (Å²) in [6.45, 7) is 2.92. The van der Waals surface area contributed by atoms with Crippen LogP contribution in [0.1, 0.15) is 29.8 Å². The minimum Gasteiger partial charge on any atom is -0.330 e. The molecule has 1 aromatic heterocycles. The number of hydrogen-bond donors (Lipinski definition) is 1. The molecular formula is C13H18N2S. The van der Waals surface area contributed by atoms with Crippen LogP contribution in [0.15, 0.2) is 18.2 Å². The van der Waals surface area contributed by atoms with Gasteiger partial charge in [-0.1, -0.05) is 12.5 Å². The molecule has 16 heavy (non-hydrogen) atoms. The molecule has 0 spiro atoms. The van der Waals surface area contributed by atoms with Gasteiger partial charge in [0, 0.05) is 0 Å². The van der Waals surface area contributed by atoms with Gasteiger partial charge in [0.1, 0.15) is 0 Å². The number of rotatable bonds is 5. The van der Waals surface area contributed by atoms with Gasteiger partial charge in [-0.15, -0.1) is 11.3 Å². The van der Waals surface area contributed by atoms with Gasteiger partial charge in [-0.05, 0) is 50.4 Å². The first-order valence-corrected chi connectivity index (χ1v) is 6.67. The van der Waals surface area contributed by atoms with E-state index in [2.05, 4.69) is 30.1 Å². The minimum atomic E-state index is 0.805. The number of aromatic nitrogens is 1. The van der Waals surface area contributed by atoms with Gasteiger partial charge >= 0.3 is 0 Å². The molecule has 86 valence electrons. The van der Waals surface area contributed by atoms with Crippen molar-refractivity contribution in [2.24, 2.45) is 5.73 Å². The summed E-state index contributed by atoms with van der Waals surface area (Å²) in [6.07, 6.45) is 4.64. The van der Waals surface area contributed by atoms with Crippen LogP contribution in [0, 0.1) is 6.92 Å². The lowest BCUT2D eigenvalue weighted by atomic mass is 10.2. The van der Waals surface area contributed by atoms with Crippen LogP contribution in [0.2, 0.25) is 0 Å². The molecule has 0 aliphatic rings. The summed E-state index contributed by atoms with van der Waals surface area (Å²) >= 11 is 1.82. The molecule has 0 fully saturated rings. The first kappa shape index (κ1) is 11.6. The summed E-state index contributed by atoms with van der Waals surface area (Å²) in [6, 6.07) is 6.49. The molecule has 2 aromatic rings. The lowest BCUT2D eigenvalue weighted by molar-refractivity contribution is 0.685. The lowest BCUT2D eigenvalue weighted by Gasteiger charge is -1.95. The van der Waals surface area contributed by atoms with Crippen molar-refractivity contribution in [3.63, 3.8) is 0 Å². The Morgan fingerprint density at radius 2 is 2.12 bits per heavy atom. The average molecular weight is 234 g/mol. The molecule has 0 aliphatic carbocycles. The lowest BCUT2D eigenvalue weighted by Crippen LogP contribution is -1.98. The van der Waals surface area contributed by atoms with Crippen LogP contribution in [-0.4, -0.2) is 11.5 Å². The second kappa shape index (κ2) is 5.41. The van der Waals surface area contributed by atoms with Gasteiger partial charge in [0.25, 0.3) is 0 Å². The van der Waals surface area contributed by atoms with Crippen molar-refractivity contribution in [3.8, 4) is 0 Å². The van der Waals surface area contributed by atoms with Gasteiger partial charge in [0.2, 0.25) is 0 Å². The predicted octanol–water partition coefficient (Wildman–Crippen LogP) is 3.28. The standard InChI is InChI=1S/C13H18N2S/c1-10-6-7-12-11(9-10)15-13(16-12)5-3-2-4-8-14/h6-7,9H,2-5,8,14H2,1H3. The smallest absolute Gasteiger partial charge is 0.0938 e. The number of unbranched alkanes of at least 4 members (excludes halogenated alkanes) is 2. The molecule has 0 unspecified atom stereocenters. The van der Waals surface area contributed by atoms with Crippen molar-refractivity contribution in [3.05, 3.63) is 28.8 Å². The van der Waals surface area contributed by atoms with E-state index < -0.39 is 0 Å². The van der Waals surface area contributed by atoms with Gasteiger partial charge in [0.15, 0.2) is 0 Å². The molecule has 0 atom stereocenters. The summed E-state index contributed by atoms with van der Waals surface area (Å²) in [5.74, 6) is 0. The third-order valence-corrected chi connectivity index (χ3v) is 3.78. The second-order valence-corrected chi connectivity index (χ2v) is 5.29. The highest BCUT2D eigenvalue weighted by molar-refractivity contribution is 7.18. The molecule has 2 nitrogen and oxygen atoms in total. The fraction of sp³-hybridized carbons (Fsp3) is 0.462. The Morgan fingerprint density at radius 1 is 1.25 bits per heavy atom. The molecule has 0 amide bonds. The number of nitrogens with two attached hydrogens (primary N) is 1. The maximum atomic E-state index is 5.47. The largest absolute Gasteiger partial charge is 0.330 e. The van der Waals surface area contributed by atoms with Crippen molar-refractivity contribution in [1.29, 1.82) is 0 Å². The van der Waals surface area contributed by atoms with E-state index >= 15 is 0 Å². The Hall–Kier alpha value is -0.930. The van der Waals surface area contributed by atoms with Crippen LogP contribution < -0.4 is 5.73 Å². The van der Waals surface area contributed by atoms with E-state index in [1.165, 1.54) is 28.1 Å². The maximum Gasteiger partial charge on any atom is 0.0938 e. The highest BCUT2D eigenvalue weighted by atomic mass is 32.1. The van der Waals surface area contributed by atoms with Crippen LogP contribution in [0.3, 0.4) is 0 Å². The quantitative estimate of drug-likeness (QED) is 0.806. The van der Waals surface area contributed by atoms with Crippen LogP contribution in [0.25, 0.3) is 10.2 Å². The van der Waals surface area contributed by atoms with E-state index in [4.69, 9.17) is 5.73 Å². The van der Waals surface area contributed by atoms with Crippen molar-refractivity contribution < 1.29 is 0 Å². The Balaban J connectivity index is 2.02. The Kier molecular flexibility index (Phi) is 3.91. The first-order chi connectivity index (χ1) is 7.79. The Labute approximate surface area is 101 Å². The SMILES string of the molecule is Cc1ccc2sc(CCCCCN)nc2c1. The van der Waals surface area contributed by atoms with Crippen LogP contribution in [0.5, 0.6) is 0 Å². The number of benzene rings is 1. The van der Waals surface area contributed by atoms with E-state index in [1.54, 1.807) is 0 Å². The molecule has 2 N–H and O–H groups in total. The van der Waals surface area contributed by atoms with Crippen molar-refractivity contribution in [2.45, 2.75) is 32.6 Å².